The molecule has 0 saturated heterocycles. The molecule has 2 aromatic rings. The van der Waals surface area contributed by atoms with Gasteiger partial charge in [-0.1, -0.05) is 95.0 Å². The van der Waals surface area contributed by atoms with Crippen LogP contribution in [0.25, 0.3) is 0 Å². The zero-order valence-corrected chi connectivity index (χ0v) is 17.2. The zero-order valence-electron chi connectivity index (χ0n) is 17.2. The average Bonchev–Trinajstić information content (AvgIpc) is 2.71. The summed E-state index contributed by atoms with van der Waals surface area (Å²) in [6.45, 7) is 2.26. The van der Waals surface area contributed by atoms with Gasteiger partial charge < -0.3 is 9.47 Å². The molecule has 152 valence electrons. The van der Waals surface area contributed by atoms with Crippen LogP contribution in [0.1, 0.15) is 76.7 Å². The lowest BCUT2D eigenvalue weighted by molar-refractivity contribution is 0.152. The molecule has 0 aromatic heterocycles. The van der Waals surface area contributed by atoms with Gasteiger partial charge in [0.25, 0.3) is 0 Å². The smallest absolute Gasteiger partial charge is 0.395 e. The van der Waals surface area contributed by atoms with Gasteiger partial charge in [-0.25, -0.2) is 4.79 Å². The molecule has 0 aliphatic rings. The summed E-state index contributed by atoms with van der Waals surface area (Å²) in [5.41, 5.74) is 1.28. The molecule has 2 aromatic carbocycles. The van der Waals surface area contributed by atoms with E-state index in [0.717, 1.165) is 6.42 Å². The Kier molecular flexibility index (Phi) is 10.9. The highest BCUT2D eigenvalue weighted by Gasteiger charge is 2.07. The summed E-state index contributed by atoms with van der Waals surface area (Å²) in [5.74, 6) is 0.984. The van der Waals surface area contributed by atoms with Crippen molar-refractivity contribution in [3.8, 4) is 11.5 Å². The number of carbonyl (C=O) groups is 1. The van der Waals surface area contributed by atoms with E-state index in [1.165, 1.54) is 69.8 Å². The first-order valence-corrected chi connectivity index (χ1v) is 10.8. The van der Waals surface area contributed by atoms with E-state index in [4.69, 9.17) is 9.47 Å². The Morgan fingerprint density at radius 1 is 0.643 bits per heavy atom. The molecule has 2 rings (SSSR count). The first-order valence-electron chi connectivity index (χ1n) is 10.8. The van der Waals surface area contributed by atoms with E-state index in [-0.39, 0.29) is 0 Å². The number of carbonyl (C=O) groups excluding carboxylic acids is 1. The van der Waals surface area contributed by atoms with Crippen LogP contribution in [-0.4, -0.2) is 6.16 Å². The van der Waals surface area contributed by atoms with Gasteiger partial charge in [-0.15, -0.1) is 0 Å². The lowest BCUT2D eigenvalue weighted by Crippen LogP contribution is -2.13. The van der Waals surface area contributed by atoms with Gasteiger partial charge in [-0.3, -0.25) is 0 Å². The van der Waals surface area contributed by atoms with Crippen LogP contribution in [0.2, 0.25) is 0 Å². The normalized spacial score (nSPS) is 10.6. The fraction of sp³-hybridized carbons (Fsp3) is 0.480. The number of aryl methyl sites for hydroxylation is 1. The Bertz CT molecular complexity index is 649. The van der Waals surface area contributed by atoms with E-state index in [9.17, 15) is 4.79 Å². The number of hydrogen-bond acceptors (Lipinski definition) is 3. The van der Waals surface area contributed by atoms with Crippen LogP contribution < -0.4 is 9.47 Å². The number of unbranched alkanes of at least 4 members (excludes halogenated alkanes) is 9. The molecule has 0 spiro atoms. The highest BCUT2D eigenvalue weighted by molar-refractivity contribution is 5.67. The first-order chi connectivity index (χ1) is 13.8. The first kappa shape index (κ1) is 22.0. The topological polar surface area (TPSA) is 35.5 Å². The summed E-state index contributed by atoms with van der Waals surface area (Å²) in [6, 6.07) is 16.6. The molecule has 0 radical (unpaired) electrons. The predicted octanol–water partition coefficient (Wildman–Crippen LogP) is 7.73. The van der Waals surface area contributed by atoms with Crippen LogP contribution in [0.5, 0.6) is 11.5 Å². The van der Waals surface area contributed by atoms with Crippen molar-refractivity contribution in [1.29, 1.82) is 0 Å². The van der Waals surface area contributed by atoms with Crippen LogP contribution in [0.3, 0.4) is 0 Å². The van der Waals surface area contributed by atoms with E-state index >= 15 is 0 Å². The summed E-state index contributed by atoms with van der Waals surface area (Å²) < 4.78 is 10.3. The minimum absolute atomic E-state index is 0.477. The van der Waals surface area contributed by atoms with E-state index in [2.05, 4.69) is 6.92 Å². The van der Waals surface area contributed by atoms with E-state index in [0.29, 0.717) is 11.5 Å². The van der Waals surface area contributed by atoms with Gasteiger partial charge in [0.15, 0.2) is 0 Å². The largest absolute Gasteiger partial charge is 0.519 e. The molecule has 0 amide bonds. The van der Waals surface area contributed by atoms with Gasteiger partial charge in [0.1, 0.15) is 11.5 Å². The molecule has 0 atom stereocenters. The van der Waals surface area contributed by atoms with Gasteiger partial charge in [-0.05, 0) is 42.7 Å². The third-order valence-corrected chi connectivity index (χ3v) is 4.89. The molecule has 0 unspecified atom stereocenters. The average molecular weight is 383 g/mol. The third kappa shape index (κ3) is 9.59. The second kappa shape index (κ2) is 13.8. The van der Waals surface area contributed by atoms with Gasteiger partial charge in [0, 0.05) is 0 Å². The van der Waals surface area contributed by atoms with E-state index in [1.54, 1.807) is 12.1 Å². The van der Waals surface area contributed by atoms with Crippen LogP contribution in [0.4, 0.5) is 4.79 Å². The van der Waals surface area contributed by atoms with Crippen molar-refractivity contribution in [1.82, 2.24) is 0 Å². The predicted molar refractivity (Wildman–Crippen MR) is 115 cm³/mol. The Morgan fingerprint density at radius 2 is 1.14 bits per heavy atom. The molecule has 0 bridgehead atoms. The Hall–Kier alpha value is -2.29. The minimum atomic E-state index is -0.714. The SMILES string of the molecule is CCCCCCCCCCCCc1ccc(OC(=O)Oc2ccccc2)cc1. The number of benzene rings is 2. The molecule has 0 aliphatic heterocycles. The summed E-state index contributed by atoms with van der Waals surface area (Å²) in [6.07, 6.45) is 13.9. The second-order valence-electron chi connectivity index (χ2n) is 7.34. The lowest BCUT2D eigenvalue weighted by Gasteiger charge is -2.07. The van der Waals surface area contributed by atoms with Gasteiger partial charge >= 0.3 is 6.16 Å². The zero-order chi connectivity index (χ0) is 19.9. The fourth-order valence-corrected chi connectivity index (χ4v) is 3.24. The molecule has 0 aliphatic carbocycles. The van der Waals surface area contributed by atoms with Crippen LogP contribution in [0, 0.1) is 0 Å². The van der Waals surface area contributed by atoms with Crippen molar-refractivity contribution in [3.63, 3.8) is 0 Å². The third-order valence-electron chi connectivity index (χ3n) is 4.89. The molecule has 0 N–H and O–H groups in total. The summed E-state index contributed by atoms with van der Waals surface area (Å²) in [4.78, 5) is 11.8. The molecular weight excluding hydrogens is 348 g/mol. The standard InChI is InChI=1S/C25H34O3/c1-2-3-4-5-6-7-8-9-10-12-15-22-18-20-24(21-19-22)28-25(26)27-23-16-13-11-14-17-23/h11,13-14,16-21H,2-10,12,15H2,1H3. The highest BCUT2D eigenvalue weighted by Crippen LogP contribution is 2.17. The number of ether oxygens (including phenoxy) is 2. The van der Waals surface area contributed by atoms with Gasteiger partial charge in [0.2, 0.25) is 0 Å². The summed E-state index contributed by atoms with van der Waals surface area (Å²) in [5, 5.41) is 0. The van der Waals surface area contributed by atoms with Crippen molar-refractivity contribution in [3.05, 3.63) is 60.2 Å². The molecule has 0 saturated carbocycles. The van der Waals surface area contributed by atoms with Crippen molar-refractivity contribution in [2.45, 2.75) is 77.6 Å². The Labute approximate surface area is 170 Å². The maximum Gasteiger partial charge on any atom is 0.519 e. The Balaban J connectivity index is 1.55. The van der Waals surface area contributed by atoms with Crippen molar-refractivity contribution < 1.29 is 14.3 Å². The van der Waals surface area contributed by atoms with Crippen molar-refractivity contribution in [2.24, 2.45) is 0 Å². The highest BCUT2D eigenvalue weighted by atomic mass is 16.7. The maximum atomic E-state index is 11.8. The number of hydrogen-bond donors (Lipinski definition) is 0. The van der Waals surface area contributed by atoms with Gasteiger partial charge in [0.05, 0.1) is 0 Å². The lowest BCUT2D eigenvalue weighted by atomic mass is 10.0. The molecule has 3 nitrogen and oxygen atoms in total. The van der Waals surface area contributed by atoms with Crippen molar-refractivity contribution >= 4 is 6.16 Å². The monoisotopic (exact) mass is 382 g/mol. The molecule has 0 fully saturated rings. The minimum Gasteiger partial charge on any atom is -0.395 e. The van der Waals surface area contributed by atoms with Crippen LogP contribution in [0.15, 0.2) is 54.6 Å². The number of rotatable bonds is 13. The van der Waals surface area contributed by atoms with E-state index in [1.807, 2.05) is 42.5 Å². The second-order valence-corrected chi connectivity index (χ2v) is 7.34. The Morgan fingerprint density at radius 3 is 1.71 bits per heavy atom. The molecule has 28 heavy (non-hydrogen) atoms. The van der Waals surface area contributed by atoms with Crippen LogP contribution in [-0.2, 0) is 6.42 Å². The quantitative estimate of drug-likeness (QED) is 0.202. The molecule has 3 heteroatoms. The molecular formula is C25H34O3. The number of para-hydroxylation sites is 1. The van der Waals surface area contributed by atoms with E-state index < -0.39 is 6.16 Å². The van der Waals surface area contributed by atoms with Crippen molar-refractivity contribution in [2.75, 3.05) is 0 Å². The summed E-state index contributed by atoms with van der Waals surface area (Å²) in [7, 11) is 0. The fourth-order valence-electron chi connectivity index (χ4n) is 3.24. The van der Waals surface area contributed by atoms with Crippen LogP contribution >= 0.6 is 0 Å². The summed E-state index contributed by atoms with van der Waals surface area (Å²) >= 11 is 0. The van der Waals surface area contributed by atoms with Gasteiger partial charge in [-0.2, -0.15) is 0 Å². The molecule has 0 heterocycles. The maximum absolute atomic E-state index is 11.8.